The topological polar surface area (TPSA) is 22.1 Å². The van der Waals surface area contributed by atoms with Gasteiger partial charge in [0.15, 0.2) is 0 Å². The van der Waals surface area contributed by atoms with Crippen molar-refractivity contribution in [2.75, 3.05) is 0 Å². The molecule has 108 valence electrons. The Labute approximate surface area is 125 Å². The molecule has 20 heavy (non-hydrogen) atoms. The highest BCUT2D eigenvalue weighted by Gasteiger charge is 2.06. The Morgan fingerprint density at radius 3 is 2.55 bits per heavy atom. The first-order valence-corrected chi connectivity index (χ1v) is 8.23. The quantitative estimate of drug-likeness (QED) is 0.700. The molecule has 2 nitrogen and oxygen atoms in total. The van der Waals surface area contributed by atoms with Crippen LogP contribution in [0.2, 0.25) is 0 Å². The molecule has 0 amide bonds. The minimum atomic E-state index is 0.492. The summed E-state index contributed by atoms with van der Waals surface area (Å²) in [4.78, 5) is 4.58. The van der Waals surface area contributed by atoms with Gasteiger partial charge in [-0.3, -0.25) is 0 Å². The zero-order chi connectivity index (χ0) is 14.4. The third-order valence-electron chi connectivity index (χ3n) is 3.19. The van der Waals surface area contributed by atoms with Crippen LogP contribution in [0.15, 0.2) is 29.6 Å². The van der Waals surface area contributed by atoms with E-state index in [1.165, 1.54) is 23.4 Å². The summed E-state index contributed by atoms with van der Waals surface area (Å²) in [5, 5.41) is 3.27. The molecule has 0 unspecified atom stereocenters. The van der Waals surface area contributed by atoms with Crippen LogP contribution < -0.4 is 4.74 Å². The largest absolute Gasteiger partial charge is 0.487 e. The molecule has 0 radical (unpaired) electrons. The number of hydrogen-bond acceptors (Lipinski definition) is 3. The van der Waals surface area contributed by atoms with E-state index >= 15 is 0 Å². The molecule has 0 aliphatic rings. The van der Waals surface area contributed by atoms with Gasteiger partial charge in [0.1, 0.15) is 12.4 Å². The Hall–Kier alpha value is -1.35. The molecule has 3 heteroatoms. The standard InChI is InChI=1S/C17H23NOS/c1-4-5-6-14-7-9-16(10-8-14)19-11-15-12-20-17(18-15)13(2)3/h7-10,12-13H,4-6,11H2,1-3H3. The maximum Gasteiger partial charge on any atom is 0.131 e. The van der Waals surface area contributed by atoms with Crippen LogP contribution in [0, 0.1) is 0 Å². The Morgan fingerprint density at radius 1 is 1.20 bits per heavy atom. The predicted octanol–water partition coefficient (Wildman–Crippen LogP) is 5.19. The molecule has 0 aliphatic carbocycles. The minimum Gasteiger partial charge on any atom is -0.487 e. The Bertz CT molecular complexity index is 516. The third kappa shape index (κ3) is 4.34. The third-order valence-corrected chi connectivity index (χ3v) is 4.39. The van der Waals surface area contributed by atoms with Gasteiger partial charge in [-0.1, -0.05) is 39.3 Å². The first kappa shape index (κ1) is 15.0. The Morgan fingerprint density at radius 2 is 1.95 bits per heavy atom. The van der Waals surface area contributed by atoms with E-state index in [0.717, 1.165) is 17.9 Å². The van der Waals surface area contributed by atoms with E-state index in [1.807, 2.05) is 0 Å². The van der Waals surface area contributed by atoms with Crippen LogP contribution in [0.25, 0.3) is 0 Å². The number of hydrogen-bond donors (Lipinski definition) is 0. The lowest BCUT2D eigenvalue weighted by Gasteiger charge is -2.06. The molecule has 2 rings (SSSR count). The maximum atomic E-state index is 5.79. The molecule has 0 saturated carbocycles. The molecule has 1 aromatic carbocycles. The average Bonchev–Trinajstić information content (AvgIpc) is 2.93. The van der Waals surface area contributed by atoms with Gasteiger partial charge in [-0.2, -0.15) is 0 Å². The monoisotopic (exact) mass is 289 g/mol. The highest BCUT2D eigenvalue weighted by molar-refractivity contribution is 7.09. The zero-order valence-corrected chi connectivity index (χ0v) is 13.4. The van der Waals surface area contributed by atoms with Crippen molar-refractivity contribution in [2.45, 2.75) is 52.6 Å². The number of unbranched alkanes of at least 4 members (excludes halogenated alkanes) is 1. The second-order valence-corrected chi connectivity index (χ2v) is 6.26. The van der Waals surface area contributed by atoms with Crippen LogP contribution >= 0.6 is 11.3 Å². The van der Waals surface area contributed by atoms with Crippen LogP contribution in [-0.2, 0) is 13.0 Å². The second kappa shape index (κ2) is 7.44. The molecule has 0 bridgehead atoms. The van der Waals surface area contributed by atoms with E-state index in [0.29, 0.717) is 12.5 Å². The van der Waals surface area contributed by atoms with Crippen LogP contribution in [0.3, 0.4) is 0 Å². The van der Waals surface area contributed by atoms with E-state index in [-0.39, 0.29) is 0 Å². The molecule has 0 N–H and O–H groups in total. The van der Waals surface area contributed by atoms with Crippen LogP contribution in [0.4, 0.5) is 0 Å². The molecule has 1 aromatic heterocycles. The number of thiazole rings is 1. The second-order valence-electron chi connectivity index (χ2n) is 5.37. The van der Waals surface area contributed by atoms with Crippen molar-refractivity contribution < 1.29 is 4.74 Å². The van der Waals surface area contributed by atoms with Crippen molar-refractivity contribution in [3.05, 3.63) is 45.9 Å². The van der Waals surface area contributed by atoms with Gasteiger partial charge in [-0.05, 0) is 30.5 Å². The SMILES string of the molecule is CCCCc1ccc(OCc2csc(C(C)C)n2)cc1. The fourth-order valence-electron chi connectivity index (χ4n) is 1.94. The van der Waals surface area contributed by atoms with Gasteiger partial charge in [0.2, 0.25) is 0 Å². The summed E-state index contributed by atoms with van der Waals surface area (Å²) in [5.74, 6) is 1.41. The van der Waals surface area contributed by atoms with Gasteiger partial charge >= 0.3 is 0 Å². The highest BCUT2D eigenvalue weighted by Crippen LogP contribution is 2.20. The molecule has 0 fully saturated rings. The molecule has 0 spiro atoms. The lowest BCUT2D eigenvalue weighted by Crippen LogP contribution is -1.97. The van der Waals surface area contributed by atoms with E-state index in [9.17, 15) is 0 Å². The van der Waals surface area contributed by atoms with Crippen LogP contribution in [0.1, 0.15) is 55.8 Å². The minimum absolute atomic E-state index is 0.492. The number of aryl methyl sites for hydroxylation is 1. The van der Waals surface area contributed by atoms with Crippen molar-refractivity contribution in [3.8, 4) is 5.75 Å². The average molecular weight is 289 g/mol. The summed E-state index contributed by atoms with van der Waals surface area (Å²) in [6.07, 6.45) is 3.64. The summed E-state index contributed by atoms with van der Waals surface area (Å²) in [6.45, 7) is 7.10. The Kier molecular flexibility index (Phi) is 5.60. The molecule has 2 aromatic rings. The Balaban J connectivity index is 1.86. The summed E-state index contributed by atoms with van der Waals surface area (Å²) in [5.41, 5.74) is 2.41. The van der Waals surface area contributed by atoms with Gasteiger partial charge in [0.05, 0.1) is 10.7 Å². The summed E-state index contributed by atoms with van der Waals surface area (Å²) < 4.78 is 5.79. The van der Waals surface area contributed by atoms with Gasteiger partial charge in [0, 0.05) is 11.3 Å². The first-order chi connectivity index (χ1) is 9.69. The molecular formula is C17H23NOS. The van der Waals surface area contributed by atoms with E-state index in [1.54, 1.807) is 11.3 Å². The van der Waals surface area contributed by atoms with Gasteiger partial charge in [-0.15, -0.1) is 11.3 Å². The molecule has 0 saturated heterocycles. The summed E-state index contributed by atoms with van der Waals surface area (Å²) in [7, 11) is 0. The van der Waals surface area contributed by atoms with Crippen molar-refractivity contribution in [1.82, 2.24) is 4.98 Å². The highest BCUT2D eigenvalue weighted by atomic mass is 32.1. The number of rotatable bonds is 7. The first-order valence-electron chi connectivity index (χ1n) is 7.35. The van der Waals surface area contributed by atoms with Gasteiger partial charge < -0.3 is 4.74 Å². The maximum absolute atomic E-state index is 5.79. The van der Waals surface area contributed by atoms with Crippen LogP contribution in [0.5, 0.6) is 5.75 Å². The molecule has 1 heterocycles. The van der Waals surface area contributed by atoms with E-state index < -0.39 is 0 Å². The lowest BCUT2D eigenvalue weighted by molar-refractivity contribution is 0.301. The normalized spacial score (nSPS) is 11.0. The molecule has 0 atom stereocenters. The van der Waals surface area contributed by atoms with Crippen molar-refractivity contribution in [1.29, 1.82) is 0 Å². The van der Waals surface area contributed by atoms with Crippen molar-refractivity contribution >= 4 is 11.3 Å². The molecular weight excluding hydrogens is 266 g/mol. The van der Waals surface area contributed by atoms with E-state index in [4.69, 9.17) is 4.74 Å². The van der Waals surface area contributed by atoms with Crippen LogP contribution in [-0.4, -0.2) is 4.98 Å². The lowest BCUT2D eigenvalue weighted by atomic mass is 10.1. The number of benzene rings is 1. The zero-order valence-electron chi connectivity index (χ0n) is 12.6. The fourth-order valence-corrected chi connectivity index (χ4v) is 2.76. The van der Waals surface area contributed by atoms with E-state index in [2.05, 4.69) is 55.4 Å². The van der Waals surface area contributed by atoms with Crippen molar-refractivity contribution in [2.24, 2.45) is 0 Å². The summed E-state index contributed by atoms with van der Waals surface area (Å²) >= 11 is 1.71. The number of ether oxygens (including phenoxy) is 1. The number of aromatic nitrogens is 1. The van der Waals surface area contributed by atoms with Gasteiger partial charge in [0.25, 0.3) is 0 Å². The van der Waals surface area contributed by atoms with Crippen molar-refractivity contribution in [3.63, 3.8) is 0 Å². The summed E-state index contributed by atoms with van der Waals surface area (Å²) in [6, 6.07) is 8.43. The number of nitrogens with zero attached hydrogens (tertiary/aromatic N) is 1. The molecule has 0 aliphatic heterocycles. The smallest absolute Gasteiger partial charge is 0.131 e. The fraction of sp³-hybridized carbons (Fsp3) is 0.471. The predicted molar refractivity (Wildman–Crippen MR) is 85.6 cm³/mol. The van der Waals surface area contributed by atoms with Gasteiger partial charge in [-0.25, -0.2) is 4.98 Å².